The van der Waals surface area contributed by atoms with E-state index in [2.05, 4.69) is 115 Å². The van der Waals surface area contributed by atoms with E-state index in [9.17, 15) is 15.8 Å². The number of nitriles is 3. The van der Waals surface area contributed by atoms with Crippen LogP contribution in [0, 0.1) is 34.0 Å². The fraction of sp³-hybridized carbons (Fsp3) is 0. The standard InChI is InChI=1S/C47H26N4/c48-27-30-18-23-44-41(24-30)35-12-8-9-17-43(35)51(44)45-26-31(28-49)25-40(42(45)29-50)32-19-21-34(22-20-32)47-38-15-6-4-13-36(38)46(33-10-2-1-3-11-33)37-14-5-7-16-39(37)47/h1-26H. The van der Waals surface area contributed by atoms with E-state index < -0.39 is 0 Å². The highest BCUT2D eigenvalue weighted by atomic mass is 15.0. The molecule has 9 aromatic rings. The monoisotopic (exact) mass is 646 g/mol. The second-order valence-corrected chi connectivity index (χ2v) is 12.6. The van der Waals surface area contributed by atoms with Gasteiger partial charge in [-0.25, -0.2) is 0 Å². The fourth-order valence-electron chi connectivity index (χ4n) is 7.69. The maximum absolute atomic E-state index is 10.7. The van der Waals surface area contributed by atoms with Crippen LogP contribution in [-0.4, -0.2) is 4.57 Å². The molecule has 1 aromatic heterocycles. The summed E-state index contributed by atoms with van der Waals surface area (Å²) in [4.78, 5) is 0. The average molecular weight is 647 g/mol. The Morgan fingerprint density at radius 3 is 1.47 bits per heavy atom. The first kappa shape index (κ1) is 29.7. The van der Waals surface area contributed by atoms with Crippen molar-refractivity contribution >= 4 is 43.4 Å². The van der Waals surface area contributed by atoms with Gasteiger partial charge in [-0.2, -0.15) is 15.8 Å². The summed E-state index contributed by atoms with van der Waals surface area (Å²) >= 11 is 0. The van der Waals surface area contributed by atoms with Crippen molar-refractivity contribution in [3.8, 4) is 57.3 Å². The zero-order valence-electron chi connectivity index (χ0n) is 27.3. The van der Waals surface area contributed by atoms with Gasteiger partial charge in [0.15, 0.2) is 0 Å². The van der Waals surface area contributed by atoms with Crippen LogP contribution in [-0.2, 0) is 0 Å². The van der Waals surface area contributed by atoms with Crippen LogP contribution in [0.4, 0.5) is 0 Å². The van der Waals surface area contributed by atoms with E-state index in [0.717, 1.165) is 38.5 Å². The minimum absolute atomic E-state index is 0.455. The molecule has 0 saturated heterocycles. The Morgan fingerprint density at radius 2 is 0.882 bits per heavy atom. The van der Waals surface area contributed by atoms with Crippen LogP contribution in [0.3, 0.4) is 0 Å². The molecule has 0 aliphatic rings. The van der Waals surface area contributed by atoms with Crippen LogP contribution >= 0.6 is 0 Å². The van der Waals surface area contributed by atoms with Crippen molar-refractivity contribution in [1.82, 2.24) is 4.57 Å². The molecule has 0 amide bonds. The van der Waals surface area contributed by atoms with Crippen molar-refractivity contribution in [3.05, 3.63) is 174 Å². The SMILES string of the molecule is N#Cc1cc(-c2ccc(-c3c4ccccc4c(-c4ccccc4)c4ccccc34)cc2)c(C#N)c(-n2c3ccccc3c3cc(C#N)ccc32)c1. The summed E-state index contributed by atoms with van der Waals surface area (Å²) in [5, 5.41) is 37.2. The Hall–Kier alpha value is -7.45. The summed E-state index contributed by atoms with van der Waals surface area (Å²) in [6.45, 7) is 0. The van der Waals surface area contributed by atoms with Crippen molar-refractivity contribution in [2.45, 2.75) is 0 Å². The lowest BCUT2D eigenvalue weighted by Crippen LogP contribution is -2.01. The van der Waals surface area contributed by atoms with E-state index in [-0.39, 0.29) is 0 Å². The first-order chi connectivity index (χ1) is 25.2. The summed E-state index contributed by atoms with van der Waals surface area (Å²) in [6, 6.07) is 60.3. The highest BCUT2D eigenvalue weighted by molar-refractivity contribution is 6.21. The molecule has 0 bridgehead atoms. The van der Waals surface area contributed by atoms with Crippen LogP contribution < -0.4 is 0 Å². The maximum Gasteiger partial charge on any atom is 0.102 e. The molecule has 0 saturated carbocycles. The molecule has 0 aliphatic heterocycles. The predicted octanol–water partition coefficient (Wildman–Crippen LogP) is 11.7. The van der Waals surface area contributed by atoms with E-state index in [0.29, 0.717) is 27.9 Å². The molecule has 0 N–H and O–H groups in total. The first-order valence-electron chi connectivity index (χ1n) is 16.7. The third kappa shape index (κ3) is 4.66. The Balaban J connectivity index is 1.25. The topological polar surface area (TPSA) is 76.3 Å². The maximum atomic E-state index is 10.7. The number of aromatic nitrogens is 1. The third-order valence-electron chi connectivity index (χ3n) is 9.88. The van der Waals surface area contributed by atoms with Gasteiger partial charge in [0.25, 0.3) is 0 Å². The molecule has 234 valence electrons. The van der Waals surface area contributed by atoms with Gasteiger partial charge in [0.05, 0.1) is 45.5 Å². The van der Waals surface area contributed by atoms with Gasteiger partial charge in [0.1, 0.15) is 6.07 Å². The summed E-state index contributed by atoms with van der Waals surface area (Å²) < 4.78 is 2.04. The second kappa shape index (κ2) is 11.9. The number of hydrogen-bond donors (Lipinski definition) is 0. The number of fused-ring (bicyclic) bond motifs is 5. The molecule has 0 spiro atoms. The summed E-state index contributed by atoms with van der Waals surface area (Å²) in [6.07, 6.45) is 0. The third-order valence-corrected chi connectivity index (χ3v) is 9.88. The number of hydrogen-bond acceptors (Lipinski definition) is 3. The van der Waals surface area contributed by atoms with Crippen LogP contribution in [0.1, 0.15) is 16.7 Å². The molecule has 0 atom stereocenters. The molecular weight excluding hydrogens is 621 g/mol. The molecule has 0 radical (unpaired) electrons. The zero-order chi connectivity index (χ0) is 34.5. The number of para-hydroxylation sites is 1. The Bertz CT molecular complexity index is 2930. The predicted molar refractivity (Wildman–Crippen MR) is 206 cm³/mol. The van der Waals surface area contributed by atoms with Gasteiger partial charge in [-0.05, 0) is 85.8 Å². The van der Waals surface area contributed by atoms with Crippen molar-refractivity contribution in [1.29, 1.82) is 15.8 Å². The van der Waals surface area contributed by atoms with Crippen molar-refractivity contribution < 1.29 is 0 Å². The second-order valence-electron chi connectivity index (χ2n) is 12.6. The van der Waals surface area contributed by atoms with Crippen molar-refractivity contribution in [2.75, 3.05) is 0 Å². The van der Waals surface area contributed by atoms with Crippen LogP contribution in [0.15, 0.2) is 158 Å². The van der Waals surface area contributed by atoms with Gasteiger partial charge in [-0.3, -0.25) is 0 Å². The molecule has 1 heterocycles. The minimum Gasteiger partial charge on any atom is -0.308 e. The van der Waals surface area contributed by atoms with Gasteiger partial charge in [0.2, 0.25) is 0 Å². The molecule has 0 unspecified atom stereocenters. The van der Waals surface area contributed by atoms with E-state index in [1.54, 1.807) is 18.2 Å². The summed E-state index contributed by atoms with van der Waals surface area (Å²) in [5.74, 6) is 0. The lowest BCUT2D eigenvalue weighted by Gasteiger charge is -2.18. The summed E-state index contributed by atoms with van der Waals surface area (Å²) in [7, 11) is 0. The molecular formula is C47H26N4. The normalized spacial score (nSPS) is 11.1. The molecule has 9 rings (SSSR count). The number of benzene rings is 8. The highest BCUT2D eigenvalue weighted by Crippen LogP contribution is 2.44. The number of nitrogens with zero attached hydrogens (tertiary/aromatic N) is 4. The van der Waals surface area contributed by atoms with Gasteiger partial charge in [-0.1, -0.05) is 121 Å². The largest absolute Gasteiger partial charge is 0.308 e. The minimum atomic E-state index is 0.455. The number of rotatable bonds is 4. The fourth-order valence-corrected chi connectivity index (χ4v) is 7.69. The molecule has 4 nitrogen and oxygen atoms in total. The van der Waals surface area contributed by atoms with Crippen molar-refractivity contribution in [3.63, 3.8) is 0 Å². The van der Waals surface area contributed by atoms with Gasteiger partial charge in [-0.15, -0.1) is 0 Å². The first-order valence-corrected chi connectivity index (χ1v) is 16.7. The lowest BCUT2D eigenvalue weighted by atomic mass is 9.85. The Morgan fingerprint density at radius 1 is 0.373 bits per heavy atom. The van der Waals surface area contributed by atoms with Crippen molar-refractivity contribution in [2.24, 2.45) is 0 Å². The van der Waals surface area contributed by atoms with Crippen LogP contribution in [0.2, 0.25) is 0 Å². The van der Waals surface area contributed by atoms with E-state index >= 15 is 0 Å². The molecule has 4 heteroatoms. The Labute approximate surface area is 294 Å². The molecule has 8 aromatic carbocycles. The average Bonchev–Trinajstić information content (AvgIpc) is 3.53. The van der Waals surface area contributed by atoms with Crippen LogP contribution in [0.5, 0.6) is 0 Å². The lowest BCUT2D eigenvalue weighted by molar-refractivity contribution is 1.16. The smallest absolute Gasteiger partial charge is 0.102 e. The van der Waals surface area contributed by atoms with Gasteiger partial charge >= 0.3 is 0 Å². The highest BCUT2D eigenvalue weighted by Gasteiger charge is 2.21. The van der Waals surface area contributed by atoms with E-state index in [1.807, 2.05) is 47.0 Å². The zero-order valence-corrected chi connectivity index (χ0v) is 27.3. The van der Waals surface area contributed by atoms with E-state index in [4.69, 9.17) is 0 Å². The van der Waals surface area contributed by atoms with E-state index in [1.165, 1.54) is 32.7 Å². The molecule has 0 aliphatic carbocycles. The summed E-state index contributed by atoms with van der Waals surface area (Å²) in [5.41, 5.74) is 10.0. The van der Waals surface area contributed by atoms with Gasteiger partial charge < -0.3 is 4.57 Å². The molecule has 0 fully saturated rings. The molecule has 51 heavy (non-hydrogen) atoms. The quantitative estimate of drug-likeness (QED) is 0.179. The van der Waals surface area contributed by atoms with Gasteiger partial charge in [0, 0.05) is 16.3 Å². The van der Waals surface area contributed by atoms with Crippen LogP contribution in [0.25, 0.3) is 82.4 Å². The Kier molecular flexibility index (Phi) is 6.93.